The molecule has 0 saturated heterocycles. The van der Waals surface area contributed by atoms with Crippen molar-refractivity contribution in [3.05, 3.63) is 0 Å². The summed E-state index contributed by atoms with van der Waals surface area (Å²) in [7, 11) is 0. The molecule has 0 aromatic rings. The molecule has 2 atom stereocenters. The van der Waals surface area contributed by atoms with Crippen LogP contribution in [0.5, 0.6) is 0 Å². The van der Waals surface area contributed by atoms with Gasteiger partial charge in [-0.15, -0.1) is 0 Å². The van der Waals surface area contributed by atoms with Crippen LogP contribution < -0.4 is 0 Å². The lowest BCUT2D eigenvalue weighted by Crippen LogP contribution is -2.53. The maximum absolute atomic E-state index is 12.9. The van der Waals surface area contributed by atoms with Crippen LogP contribution in [0.1, 0.15) is 59.3 Å². The van der Waals surface area contributed by atoms with Crippen LogP contribution in [0.25, 0.3) is 0 Å². The number of ether oxygens (including phenoxy) is 1. The van der Waals surface area contributed by atoms with Crippen LogP contribution in [0.15, 0.2) is 0 Å². The smallest absolute Gasteiger partial charge is 0.319 e. The molecular formula is C15H24O3. The Balaban J connectivity index is 2.31. The summed E-state index contributed by atoms with van der Waals surface area (Å²) in [5.41, 5.74) is -1.13. The molecular weight excluding hydrogens is 228 g/mol. The number of esters is 1. The molecule has 0 unspecified atom stereocenters. The monoisotopic (exact) mass is 252 g/mol. The fourth-order valence-electron chi connectivity index (χ4n) is 3.77. The Labute approximate surface area is 109 Å². The first-order valence-corrected chi connectivity index (χ1v) is 7.19. The van der Waals surface area contributed by atoms with Crippen molar-refractivity contribution < 1.29 is 14.3 Å². The van der Waals surface area contributed by atoms with Crippen LogP contribution >= 0.6 is 0 Å². The van der Waals surface area contributed by atoms with E-state index in [2.05, 4.69) is 0 Å². The summed E-state index contributed by atoms with van der Waals surface area (Å²) in [5.74, 6) is -0.0616. The zero-order valence-electron chi connectivity index (χ0n) is 11.8. The summed E-state index contributed by atoms with van der Waals surface area (Å²) in [6.45, 7) is 5.96. The summed E-state index contributed by atoms with van der Waals surface area (Å²) in [6, 6.07) is 0. The predicted octanol–water partition coefficient (Wildman–Crippen LogP) is 3.12. The van der Waals surface area contributed by atoms with Crippen LogP contribution in [-0.2, 0) is 14.3 Å². The molecule has 2 aliphatic rings. The van der Waals surface area contributed by atoms with E-state index in [1.54, 1.807) is 13.8 Å². The van der Waals surface area contributed by atoms with Gasteiger partial charge in [0.2, 0.25) is 0 Å². The highest BCUT2D eigenvalue weighted by Crippen LogP contribution is 2.54. The van der Waals surface area contributed by atoms with E-state index in [-0.39, 0.29) is 23.1 Å². The molecule has 0 aromatic heterocycles. The molecule has 0 aliphatic heterocycles. The number of ketones is 1. The number of carbonyl (C=O) groups excluding carboxylic acids is 2. The zero-order chi connectivity index (χ0) is 13.4. The molecule has 3 nitrogen and oxygen atoms in total. The van der Waals surface area contributed by atoms with E-state index in [1.807, 2.05) is 6.92 Å². The first-order valence-electron chi connectivity index (χ1n) is 7.19. The molecule has 18 heavy (non-hydrogen) atoms. The largest absolute Gasteiger partial charge is 0.465 e. The van der Waals surface area contributed by atoms with Crippen molar-refractivity contribution >= 4 is 11.8 Å². The summed E-state index contributed by atoms with van der Waals surface area (Å²) in [6.07, 6.45) is 6.10. The zero-order valence-corrected chi connectivity index (χ0v) is 11.8. The highest BCUT2D eigenvalue weighted by molar-refractivity contribution is 6.07. The number of carbonyl (C=O) groups is 2. The lowest BCUT2D eigenvalue weighted by atomic mass is 9.56. The van der Waals surface area contributed by atoms with Gasteiger partial charge in [-0.2, -0.15) is 0 Å². The second-order valence-electron chi connectivity index (χ2n) is 6.18. The number of rotatable bonds is 2. The van der Waals surface area contributed by atoms with E-state index in [4.69, 9.17) is 4.74 Å². The summed E-state index contributed by atoms with van der Waals surface area (Å²) in [4.78, 5) is 25.1. The minimum atomic E-state index is -0.918. The number of Topliss-reactive ketones (excluding diaryl/α,β-unsaturated/α-hetero) is 1. The summed E-state index contributed by atoms with van der Waals surface area (Å²) < 4.78 is 5.17. The predicted molar refractivity (Wildman–Crippen MR) is 69.0 cm³/mol. The molecule has 0 heterocycles. The standard InChI is InChI=1S/C15H24O3/c1-4-18-13(17)14(3)11(2)7-10-15(12(14)16)8-5-6-9-15/h11H,4-10H2,1-3H3/t11-,14-/m1/s1. The van der Waals surface area contributed by atoms with Crippen LogP contribution in [0, 0.1) is 16.7 Å². The van der Waals surface area contributed by atoms with Crippen LogP contribution in [0.4, 0.5) is 0 Å². The van der Waals surface area contributed by atoms with Gasteiger partial charge >= 0.3 is 5.97 Å². The van der Waals surface area contributed by atoms with Gasteiger partial charge in [-0.3, -0.25) is 9.59 Å². The first-order chi connectivity index (χ1) is 8.47. The van der Waals surface area contributed by atoms with Gasteiger partial charge in [0.25, 0.3) is 0 Å². The molecule has 2 aliphatic carbocycles. The van der Waals surface area contributed by atoms with E-state index >= 15 is 0 Å². The Morgan fingerprint density at radius 3 is 2.50 bits per heavy atom. The van der Waals surface area contributed by atoms with Crippen molar-refractivity contribution in [3.63, 3.8) is 0 Å². The average Bonchev–Trinajstić information content (AvgIpc) is 2.82. The van der Waals surface area contributed by atoms with Crippen molar-refractivity contribution in [1.82, 2.24) is 0 Å². The van der Waals surface area contributed by atoms with Gasteiger partial charge in [0, 0.05) is 5.41 Å². The second-order valence-corrected chi connectivity index (χ2v) is 6.18. The van der Waals surface area contributed by atoms with E-state index < -0.39 is 5.41 Å². The molecule has 0 aromatic carbocycles. The molecule has 1 spiro atoms. The van der Waals surface area contributed by atoms with Gasteiger partial charge in [-0.05, 0) is 45.4 Å². The third-order valence-electron chi connectivity index (χ3n) is 5.25. The van der Waals surface area contributed by atoms with Gasteiger partial charge < -0.3 is 4.74 Å². The number of hydrogen-bond acceptors (Lipinski definition) is 3. The molecule has 0 radical (unpaired) electrons. The van der Waals surface area contributed by atoms with E-state index in [0.29, 0.717) is 6.61 Å². The van der Waals surface area contributed by atoms with Gasteiger partial charge in [0.1, 0.15) is 5.41 Å². The molecule has 2 saturated carbocycles. The molecule has 0 amide bonds. The van der Waals surface area contributed by atoms with Crippen LogP contribution in [0.3, 0.4) is 0 Å². The van der Waals surface area contributed by atoms with Gasteiger partial charge in [0.15, 0.2) is 5.78 Å². The minimum absolute atomic E-state index is 0.0928. The Hall–Kier alpha value is -0.860. The third-order valence-corrected chi connectivity index (χ3v) is 5.25. The molecule has 0 bridgehead atoms. The number of hydrogen-bond donors (Lipinski definition) is 0. The molecule has 2 fully saturated rings. The quantitative estimate of drug-likeness (QED) is 0.560. The molecule has 0 N–H and O–H groups in total. The molecule has 3 heteroatoms. The fourth-order valence-corrected chi connectivity index (χ4v) is 3.77. The highest BCUT2D eigenvalue weighted by atomic mass is 16.5. The second kappa shape index (κ2) is 4.67. The van der Waals surface area contributed by atoms with Gasteiger partial charge in [-0.25, -0.2) is 0 Å². The maximum Gasteiger partial charge on any atom is 0.319 e. The van der Waals surface area contributed by atoms with Crippen molar-refractivity contribution in [1.29, 1.82) is 0 Å². The Bertz CT molecular complexity index is 355. The Morgan fingerprint density at radius 1 is 1.33 bits per heavy atom. The fraction of sp³-hybridized carbons (Fsp3) is 0.867. The topological polar surface area (TPSA) is 43.4 Å². The van der Waals surface area contributed by atoms with E-state index in [1.165, 1.54) is 0 Å². The molecule has 102 valence electrons. The summed E-state index contributed by atoms with van der Waals surface area (Å²) >= 11 is 0. The normalized spacial score (nSPS) is 34.8. The SMILES string of the molecule is CCOC(=O)[C@@]1(C)C(=O)C2(CCCC2)CC[C@H]1C. The maximum atomic E-state index is 12.9. The summed E-state index contributed by atoms with van der Waals surface area (Å²) in [5, 5.41) is 0. The Morgan fingerprint density at radius 2 is 1.94 bits per heavy atom. The third kappa shape index (κ3) is 1.79. The lowest BCUT2D eigenvalue weighted by molar-refractivity contribution is -0.170. The average molecular weight is 252 g/mol. The van der Waals surface area contributed by atoms with Crippen molar-refractivity contribution in [2.24, 2.45) is 16.7 Å². The van der Waals surface area contributed by atoms with Crippen molar-refractivity contribution in [3.8, 4) is 0 Å². The minimum Gasteiger partial charge on any atom is -0.465 e. The van der Waals surface area contributed by atoms with Crippen LogP contribution in [0.2, 0.25) is 0 Å². The first kappa shape index (κ1) is 13.6. The lowest BCUT2D eigenvalue weighted by Gasteiger charge is -2.45. The van der Waals surface area contributed by atoms with Gasteiger partial charge in [-0.1, -0.05) is 19.8 Å². The van der Waals surface area contributed by atoms with E-state index in [0.717, 1.165) is 38.5 Å². The van der Waals surface area contributed by atoms with Gasteiger partial charge in [0.05, 0.1) is 6.61 Å². The molecule has 2 rings (SSSR count). The highest BCUT2D eigenvalue weighted by Gasteiger charge is 2.58. The Kier molecular flexibility index (Phi) is 3.52. The van der Waals surface area contributed by atoms with E-state index in [9.17, 15) is 9.59 Å². The van der Waals surface area contributed by atoms with Crippen LogP contribution in [-0.4, -0.2) is 18.4 Å². The van der Waals surface area contributed by atoms with Crippen molar-refractivity contribution in [2.75, 3.05) is 6.61 Å². The van der Waals surface area contributed by atoms with Crippen molar-refractivity contribution in [2.45, 2.75) is 59.3 Å².